The summed E-state index contributed by atoms with van der Waals surface area (Å²) in [5.41, 5.74) is 1.16. The Morgan fingerprint density at radius 3 is 2.40 bits per heavy atom. The van der Waals surface area contributed by atoms with Crippen molar-refractivity contribution in [2.75, 3.05) is 18.0 Å². The molecule has 0 aliphatic carbocycles. The Morgan fingerprint density at radius 2 is 1.83 bits per heavy atom. The highest BCUT2D eigenvalue weighted by atomic mass is 35.5. The largest absolute Gasteiger partial charge is 0.444 e. The summed E-state index contributed by atoms with van der Waals surface area (Å²) in [4.78, 5) is 16.1. The molecule has 2 aromatic rings. The second-order valence-electron chi connectivity index (χ2n) is 8.11. The number of amides is 1. The van der Waals surface area contributed by atoms with Crippen LogP contribution in [0.4, 0.5) is 20.6 Å². The molecule has 1 aliphatic rings. The lowest BCUT2D eigenvalue weighted by atomic mass is 10.1. The number of rotatable bonds is 3. The molecule has 1 fully saturated rings. The van der Waals surface area contributed by atoms with Crippen LogP contribution in [-0.4, -0.2) is 35.7 Å². The Kier molecular flexibility index (Phi) is 6.44. The molecular weight excluding hydrogens is 428 g/mol. The lowest BCUT2D eigenvalue weighted by molar-refractivity contribution is 0.0293. The molecular formula is C22H22Cl2FN3O2. The van der Waals surface area contributed by atoms with E-state index in [1.807, 2.05) is 31.7 Å². The van der Waals surface area contributed by atoms with Crippen molar-refractivity contribution in [3.05, 3.63) is 57.8 Å². The molecule has 1 heterocycles. The fourth-order valence-corrected chi connectivity index (χ4v) is 3.79. The quantitative estimate of drug-likeness (QED) is 0.563. The van der Waals surface area contributed by atoms with Gasteiger partial charge in [0.2, 0.25) is 0 Å². The topological polar surface area (TPSA) is 56.6 Å². The van der Waals surface area contributed by atoms with Gasteiger partial charge in [-0.15, -0.1) is 0 Å². The Hall–Kier alpha value is -2.49. The number of carbonyl (C=O) groups excluding carboxylic acids is 1. The van der Waals surface area contributed by atoms with E-state index in [0.29, 0.717) is 35.8 Å². The predicted molar refractivity (Wildman–Crippen MR) is 116 cm³/mol. The van der Waals surface area contributed by atoms with Crippen LogP contribution in [0.25, 0.3) is 0 Å². The standard InChI is InChI=1S/C22H22Cl2FN3O2/c1-22(2,3)30-21(29)27-9-8-17(13-27)28(16-6-7-20(25)19(24)11-16)15-5-4-14(12-26)18(23)10-15/h4-7,10-11,17H,8-9,13H2,1-3H3. The molecule has 2 aromatic carbocycles. The summed E-state index contributed by atoms with van der Waals surface area (Å²) in [5.74, 6) is -0.514. The van der Waals surface area contributed by atoms with E-state index >= 15 is 0 Å². The lowest BCUT2D eigenvalue weighted by Crippen LogP contribution is -2.39. The summed E-state index contributed by atoms with van der Waals surface area (Å²) in [5, 5.41) is 9.48. The maximum atomic E-state index is 13.8. The number of benzene rings is 2. The average molecular weight is 450 g/mol. The van der Waals surface area contributed by atoms with E-state index < -0.39 is 11.4 Å². The van der Waals surface area contributed by atoms with Gasteiger partial charge in [0.25, 0.3) is 0 Å². The average Bonchev–Trinajstić information content (AvgIpc) is 3.13. The molecule has 1 amide bonds. The van der Waals surface area contributed by atoms with E-state index in [1.54, 1.807) is 35.2 Å². The summed E-state index contributed by atoms with van der Waals surface area (Å²) < 4.78 is 19.2. The highest BCUT2D eigenvalue weighted by molar-refractivity contribution is 6.32. The van der Waals surface area contributed by atoms with Crippen LogP contribution in [0.3, 0.4) is 0 Å². The molecule has 8 heteroatoms. The third-order valence-corrected chi connectivity index (χ3v) is 5.32. The highest BCUT2D eigenvalue weighted by Gasteiger charge is 2.34. The molecule has 0 spiro atoms. The van der Waals surface area contributed by atoms with E-state index in [4.69, 9.17) is 33.2 Å². The second kappa shape index (κ2) is 8.71. The molecule has 3 rings (SSSR count). The van der Waals surface area contributed by atoms with E-state index in [1.165, 1.54) is 6.07 Å². The van der Waals surface area contributed by atoms with Crippen LogP contribution in [-0.2, 0) is 4.74 Å². The van der Waals surface area contributed by atoms with Crippen LogP contribution in [0.5, 0.6) is 0 Å². The van der Waals surface area contributed by atoms with Gasteiger partial charge in [-0.2, -0.15) is 5.26 Å². The number of hydrogen-bond acceptors (Lipinski definition) is 4. The molecule has 5 nitrogen and oxygen atoms in total. The first-order valence-corrected chi connectivity index (χ1v) is 10.3. The molecule has 0 radical (unpaired) electrons. The normalized spacial score (nSPS) is 16.3. The number of halogens is 3. The van der Waals surface area contributed by atoms with Gasteiger partial charge < -0.3 is 14.5 Å². The zero-order valence-corrected chi connectivity index (χ0v) is 18.5. The van der Waals surface area contributed by atoms with Crippen molar-refractivity contribution in [3.63, 3.8) is 0 Å². The maximum Gasteiger partial charge on any atom is 0.410 e. The van der Waals surface area contributed by atoms with Crippen molar-refractivity contribution in [1.29, 1.82) is 5.26 Å². The predicted octanol–water partition coefficient (Wildman–Crippen LogP) is 6.15. The highest BCUT2D eigenvalue weighted by Crippen LogP contribution is 2.36. The third-order valence-electron chi connectivity index (χ3n) is 4.71. The molecule has 1 unspecified atom stereocenters. The monoisotopic (exact) mass is 449 g/mol. The van der Waals surface area contributed by atoms with Crippen LogP contribution >= 0.6 is 23.2 Å². The van der Waals surface area contributed by atoms with Gasteiger partial charge in [0, 0.05) is 24.5 Å². The number of carbonyl (C=O) groups is 1. The summed E-state index contributed by atoms with van der Waals surface area (Å²) >= 11 is 12.3. The minimum atomic E-state index is -0.583. The van der Waals surface area contributed by atoms with Gasteiger partial charge in [-0.25, -0.2) is 9.18 Å². The van der Waals surface area contributed by atoms with Gasteiger partial charge in [0.05, 0.1) is 21.7 Å². The van der Waals surface area contributed by atoms with Crippen LogP contribution in [0.2, 0.25) is 10.0 Å². The molecule has 0 aromatic heterocycles. The number of nitriles is 1. The maximum absolute atomic E-state index is 13.8. The van der Waals surface area contributed by atoms with Gasteiger partial charge in [-0.3, -0.25) is 0 Å². The van der Waals surface area contributed by atoms with Gasteiger partial charge >= 0.3 is 6.09 Å². The Bertz CT molecular complexity index is 1000. The fourth-order valence-electron chi connectivity index (χ4n) is 3.40. The first-order chi connectivity index (χ1) is 14.1. The van der Waals surface area contributed by atoms with Crippen molar-refractivity contribution >= 4 is 40.7 Å². The summed E-state index contributed by atoms with van der Waals surface area (Å²) in [6.07, 6.45) is 0.297. The minimum Gasteiger partial charge on any atom is -0.444 e. The molecule has 30 heavy (non-hydrogen) atoms. The lowest BCUT2D eigenvalue weighted by Gasteiger charge is -2.32. The zero-order valence-electron chi connectivity index (χ0n) is 17.0. The van der Waals surface area contributed by atoms with Crippen LogP contribution in [0, 0.1) is 17.1 Å². The second-order valence-corrected chi connectivity index (χ2v) is 8.93. The van der Waals surface area contributed by atoms with Crippen molar-refractivity contribution in [3.8, 4) is 6.07 Å². The minimum absolute atomic E-state index is 0.000706. The molecule has 0 N–H and O–H groups in total. The fraction of sp³-hybridized carbons (Fsp3) is 0.364. The molecule has 1 aliphatic heterocycles. The van der Waals surface area contributed by atoms with Crippen LogP contribution < -0.4 is 4.90 Å². The number of likely N-dealkylation sites (tertiary alicyclic amines) is 1. The van der Waals surface area contributed by atoms with Crippen molar-refractivity contribution in [2.45, 2.75) is 38.8 Å². The Labute approximate surface area is 185 Å². The first kappa shape index (κ1) is 22.2. The summed E-state index contributed by atoms with van der Waals surface area (Å²) in [6.45, 7) is 6.41. The zero-order chi connectivity index (χ0) is 22.1. The van der Waals surface area contributed by atoms with Crippen LogP contribution in [0.1, 0.15) is 32.8 Å². The number of anilines is 2. The Morgan fingerprint density at radius 1 is 1.20 bits per heavy atom. The number of ether oxygens (including phenoxy) is 1. The molecule has 0 bridgehead atoms. The molecule has 1 saturated heterocycles. The van der Waals surface area contributed by atoms with Gasteiger partial charge in [-0.05, 0) is 63.6 Å². The van der Waals surface area contributed by atoms with E-state index in [0.717, 1.165) is 5.69 Å². The van der Waals surface area contributed by atoms with E-state index in [2.05, 4.69) is 0 Å². The number of nitrogens with zero attached hydrogens (tertiary/aromatic N) is 3. The number of hydrogen-bond donors (Lipinski definition) is 0. The van der Waals surface area contributed by atoms with Crippen molar-refractivity contribution in [2.24, 2.45) is 0 Å². The third kappa shape index (κ3) is 4.97. The molecule has 158 valence electrons. The van der Waals surface area contributed by atoms with Crippen LogP contribution in [0.15, 0.2) is 36.4 Å². The van der Waals surface area contributed by atoms with Crippen molar-refractivity contribution < 1.29 is 13.9 Å². The van der Waals surface area contributed by atoms with E-state index in [-0.39, 0.29) is 17.2 Å². The first-order valence-electron chi connectivity index (χ1n) is 9.51. The van der Waals surface area contributed by atoms with Crippen molar-refractivity contribution in [1.82, 2.24) is 4.90 Å². The SMILES string of the molecule is CC(C)(C)OC(=O)N1CCC(N(c2ccc(F)c(Cl)c2)c2ccc(C#N)c(Cl)c2)C1. The molecule has 0 saturated carbocycles. The van der Waals surface area contributed by atoms with E-state index in [9.17, 15) is 9.18 Å². The Balaban J connectivity index is 1.94. The van der Waals surface area contributed by atoms with Gasteiger partial charge in [0.1, 0.15) is 17.5 Å². The smallest absolute Gasteiger partial charge is 0.410 e. The van der Waals surface area contributed by atoms with Gasteiger partial charge in [-0.1, -0.05) is 23.2 Å². The van der Waals surface area contributed by atoms with Gasteiger partial charge in [0.15, 0.2) is 0 Å². The summed E-state index contributed by atoms with van der Waals surface area (Å²) in [6, 6.07) is 11.5. The molecule has 1 atom stereocenters. The summed E-state index contributed by atoms with van der Waals surface area (Å²) in [7, 11) is 0.